The van der Waals surface area contributed by atoms with Crippen molar-refractivity contribution in [3.05, 3.63) is 32.7 Å². The van der Waals surface area contributed by atoms with E-state index >= 15 is 0 Å². The van der Waals surface area contributed by atoms with Crippen molar-refractivity contribution in [2.45, 2.75) is 52.0 Å². The van der Waals surface area contributed by atoms with E-state index in [0.717, 1.165) is 27.3 Å². The van der Waals surface area contributed by atoms with Gasteiger partial charge in [-0.05, 0) is 55.0 Å². The summed E-state index contributed by atoms with van der Waals surface area (Å²) in [6.07, 6.45) is 6.87. The molecule has 0 amide bonds. The van der Waals surface area contributed by atoms with Crippen LogP contribution in [-0.2, 0) is 0 Å². The van der Waals surface area contributed by atoms with Gasteiger partial charge >= 0.3 is 0 Å². The summed E-state index contributed by atoms with van der Waals surface area (Å²) in [5.41, 5.74) is 1.41. The smallest absolute Gasteiger partial charge is 0.0349 e. The second kappa shape index (κ2) is 7.95. The lowest BCUT2D eigenvalue weighted by molar-refractivity contribution is 0.220. The average Bonchev–Trinajstić information content (AvgIpc) is 2.44. The highest BCUT2D eigenvalue weighted by atomic mass is 79.9. The van der Waals surface area contributed by atoms with E-state index in [4.69, 9.17) is 0 Å². The monoisotopic (exact) mass is 401 g/mol. The van der Waals surface area contributed by atoms with Crippen LogP contribution in [0.25, 0.3) is 0 Å². The largest absolute Gasteiger partial charge is 0.310 e. The minimum Gasteiger partial charge on any atom is -0.310 e. The fraction of sp³-hybridized carbons (Fsp3) is 0.647. The first-order valence-corrected chi connectivity index (χ1v) is 9.42. The average molecular weight is 403 g/mol. The molecular formula is C17H25Br2N. The Morgan fingerprint density at radius 1 is 1.05 bits per heavy atom. The molecule has 0 saturated heterocycles. The van der Waals surface area contributed by atoms with E-state index in [9.17, 15) is 0 Å². The Hall–Kier alpha value is 0.140. The summed E-state index contributed by atoms with van der Waals surface area (Å²) in [7, 11) is 0. The molecule has 1 aromatic rings. The third-order valence-corrected chi connectivity index (χ3v) is 5.52. The van der Waals surface area contributed by atoms with Crippen LogP contribution >= 0.6 is 31.9 Å². The number of nitrogens with one attached hydrogen (secondary N) is 1. The number of hydrogen-bond donors (Lipinski definition) is 1. The Kier molecular flexibility index (Phi) is 6.57. The Morgan fingerprint density at radius 2 is 1.65 bits per heavy atom. The first-order valence-electron chi connectivity index (χ1n) is 7.83. The standard InChI is InChI=1S/C17H25Br2N/c1-3-12-5-7-13(8-6-12)17(20-4-2)14-9-15(18)11-16(19)10-14/h9-13,17,20H,3-8H2,1-2H3. The first-order chi connectivity index (χ1) is 9.63. The van der Waals surface area contributed by atoms with E-state index in [1.807, 2.05) is 0 Å². The zero-order valence-corrected chi connectivity index (χ0v) is 15.6. The van der Waals surface area contributed by atoms with Crippen LogP contribution in [0.5, 0.6) is 0 Å². The SMILES string of the molecule is CCNC(c1cc(Br)cc(Br)c1)C1CCC(CC)CC1. The third-order valence-electron chi connectivity index (χ3n) is 4.61. The zero-order chi connectivity index (χ0) is 14.5. The summed E-state index contributed by atoms with van der Waals surface area (Å²) < 4.78 is 2.32. The molecule has 1 unspecified atom stereocenters. The number of rotatable bonds is 5. The van der Waals surface area contributed by atoms with Crippen molar-refractivity contribution in [2.24, 2.45) is 11.8 Å². The molecule has 1 fully saturated rings. The predicted molar refractivity (Wildman–Crippen MR) is 94.0 cm³/mol. The molecule has 1 saturated carbocycles. The molecule has 3 heteroatoms. The minimum absolute atomic E-state index is 0.492. The summed E-state index contributed by atoms with van der Waals surface area (Å²) >= 11 is 7.24. The molecule has 1 aliphatic carbocycles. The summed E-state index contributed by atoms with van der Waals surface area (Å²) in [6.45, 7) is 5.57. The van der Waals surface area contributed by atoms with E-state index < -0.39 is 0 Å². The summed E-state index contributed by atoms with van der Waals surface area (Å²) in [6, 6.07) is 7.14. The van der Waals surface area contributed by atoms with Crippen molar-refractivity contribution >= 4 is 31.9 Å². The van der Waals surface area contributed by atoms with Crippen LogP contribution in [0.4, 0.5) is 0 Å². The lowest BCUT2D eigenvalue weighted by Crippen LogP contribution is -2.31. The number of hydrogen-bond acceptors (Lipinski definition) is 1. The molecule has 0 aliphatic heterocycles. The highest BCUT2D eigenvalue weighted by molar-refractivity contribution is 9.11. The Labute approximate surface area is 140 Å². The van der Waals surface area contributed by atoms with Crippen molar-refractivity contribution in [3.8, 4) is 0 Å². The number of benzene rings is 1. The van der Waals surface area contributed by atoms with Gasteiger partial charge in [0.15, 0.2) is 0 Å². The molecule has 2 rings (SSSR count). The molecular weight excluding hydrogens is 378 g/mol. The maximum atomic E-state index is 3.71. The molecule has 0 radical (unpaired) electrons. The van der Waals surface area contributed by atoms with E-state index in [0.29, 0.717) is 6.04 Å². The molecule has 1 aromatic carbocycles. The van der Waals surface area contributed by atoms with Gasteiger partial charge in [0.05, 0.1) is 0 Å². The minimum atomic E-state index is 0.492. The molecule has 0 heterocycles. The van der Waals surface area contributed by atoms with Gasteiger partial charge in [0.25, 0.3) is 0 Å². The summed E-state index contributed by atoms with van der Waals surface area (Å²) in [5.74, 6) is 1.74. The second-order valence-corrected chi connectivity index (χ2v) is 7.76. The summed E-state index contributed by atoms with van der Waals surface area (Å²) in [4.78, 5) is 0. The molecule has 0 spiro atoms. The van der Waals surface area contributed by atoms with Crippen LogP contribution in [-0.4, -0.2) is 6.54 Å². The Balaban J connectivity index is 2.14. The number of halogens is 2. The van der Waals surface area contributed by atoms with Crippen molar-refractivity contribution in [1.29, 1.82) is 0 Å². The fourth-order valence-electron chi connectivity index (χ4n) is 3.46. The normalized spacial score (nSPS) is 24.6. The molecule has 20 heavy (non-hydrogen) atoms. The quantitative estimate of drug-likeness (QED) is 0.629. The van der Waals surface area contributed by atoms with Gasteiger partial charge in [0, 0.05) is 15.0 Å². The van der Waals surface area contributed by atoms with E-state index in [1.165, 1.54) is 37.7 Å². The molecule has 1 nitrogen and oxygen atoms in total. The maximum Gasteiger partial charge on any atom is 0.0349 e. The second-order valence-electron chi connectivity index (χ2n) is 5.93. The van der Waals surface area contributed by atoms with Gasteiger partial charge in [0.1, 0.15) is 0 Å². The lowest BCUT2D eigenvalue weighted by Gasteiger charge is -2.34. The molecule has 1 atom stereocenters. The van der Waals surface area contributed by atoms with Crippen LogP contribution < -0.4 is 5.32 Å². The van der Waals surface area contributed by atoms with Crippen LogP contribution in [0.15, 0.2) is 27.1 Å². The van der Waals surface area contributed by atoms with Gasteiger partial charge in [-0.1, -0.05) is 65.0 Å². The highest BCUT2D eigenvalue weighted by Crippen LogP contribution is 2.39. The highest BCUT2D eigenvalue weighted by Gasteiger charge is 2.27. The maximum absolute atomic E-state index is 3.71. The van der Waals surface area contributed by atoms with E-state index in [-0.39, 0.29) is 0 Å². The molecule has 1 N–H and O–H groups in total. The van der Waals surface area contributed by atoms with Gasteiger partial charge in [-0.3, -0.25) is 0 Å². The fourth-order valence-corrected chi connectivity index (χ4v) is 4.79. The molecule has 0 bridgehead atoms. The topological polar surface area (TPSA) is 12.0 Å². The zero-order valence-electron chi connectivity index (χ0n) is 12.5. The van der Waals surface area contributed by atoms with Crippen molar-refractivity contribution in [3.63, 3.8) is 0 Å². The Morgan fingerprint density at radius 3 is 2.15 bits per heavy atom. The molecule has 112 valence electrons. The first kappa shape index (κ1) is 16.5. The van der Waals surface area contributed by atoms with Crippen LogP contribution in [0.2, 0.25) is 0 Å². The van der Waals surface area contributed by atoms with Gasteiger partial charge in [-0.2, -0.15) is 0 Å². The van der Waals surface area contributed by atoms with Crippen LogP contribution in [0.3, 0.4) is 0 Å². The Bertz CT molecular complexity index is 405. The van der Waals surface area contributed by atoms with Gasteiger partial charge < -0.3 is 5.32 Å². The van der Waals surface area contributed by atoms with E-state index in [2.05, 4.69) is 69.2 Å². The van der Waals surface area contributed by atoms with Crippen LogP contribution in [0, 0.1) is 11.8 Å². The van der Waals surface area contributed by atoms with E-state index in [1.54, 1.807) is 0 Å². The third kappa shape index (κ3) is 4.32. The summed E-state index contributed by atoms with van der Waals surface area (Å²) in [5, 5.41) is 3.71. The van der Waals surface area contributed by atoms with Crippen molar-refractivity contribution in [2.75, 3.05) is 6.54 Å². The molecule has 1 aliphatic rings. The van der Waals surface area contributed by atoms with Crippen molar-refractivity contribution < 1.29 is 0 Å². The van der Waals surface area contributed by atoms with Gasteiger partial charge in [-0.15, -0.1) is 0 Å². The predicted octanol–water partition coefficient (Wildman–Crippen LogP) is 6.08. The lowest BCUT2D eigenvalue weighted by atomic mass is 9.76. The van der Waals surface area contributed by atoms with Gasteiger partial charge in [0.2, 0.25) is 0 Å². The molecule has 0 aromatic heterocycles. The van der Waals surface area contributed by atoms with Crippen molar-refractivity contribution in [1.82, 2.24) is 5.32 Å². The van der Waals surface area contributed by atoms with Crippen LogP contribution in [0.1, 0.15) is 57.6 Å². The van der Waals surface area contributed by atoms with Gasteiger partial charge in [-0.25, -0.2) is 0 Å².